The molecule has 0 bridgehead atoms. The quantitative estimate of drug-likeness (QED) is 0.399. The molecular formula is C8H19N2+. The van der Waals surface area contributed by atoms with Crippen molar-refractivity contribution in [2.75, 3.05) is 20.1 Å². The lowest BCUT2D eigenvalue weighted by molar-refractivity contribution is -0.928. The van der Waals surface area contributed by atoms with E-state index in [1.165, 1.54) is 12.8 Å². The summed E-state index contributed by atoms with van der Waals surface area (Å²) in [5.41, 5.74) is 0.539. The van der Waals surface area contributed by atoms with Gasteiger partial charge in [-0.1, -0.05) is 13.8 Å². The molecular weight excluding hydrogens is 124 g/mol. The van der Waals surface area contributed by atoms with E-state index in [1.807, 2.05) is 0 Å². The van der Waals surface area contributed by atoms with Crippen molar-refractivity contribution in [3.05, 3.63) is 0 Å². The van der Waals surface area contributed by atoms with Crippen molar-refractivity contribution in [2.45, 2.75) is 26.7 Å². The Hall–Kier alpha value is -0.0800. The van der Waals surface area contributed by atoms with Crippen LogP contribution in [0.3, 0.4) is 0 Å². The van der Waals surface area contributed by atoms with Gasteiger partial charge in [0.1, 0.15) is 0 Å². The van der Waals surface area contributed by atoms with E-state index < -0.39 is 0 Å². The van der Waals surface area contributed by atoms with E-state index in [1.54, 1.807) is 0 Å². The summed E-state index contributed by atoms with van der Waals surface area (Å²) >= 11 is 0. The molecule has 1 fully saturated rings. The molecule has 0 aliphatic carbocycles. The molecule has 1 saturated heterocycles. The summed E-state index contributed by atoms with van der Waals surface area (Å²) < 4.78 is 0.726. The first kappa shape index (κ1) is 8.02. The van der Waals surface area contributed by atoms with Crippen LogP contribution in [0.25, 0.3) is 0 Å². The molecule has 60 valence electrons. The highest BCUT2D eigenvalue weighted by atomic mass is 15.6. The molecule has 10 heavy (non-hydrogen) atoms. The van der Waals surface area contributed by atoms with Crippen molar-refractivity contribution < 1.29 is 4.59 Å². The molecule has 0 spiro atoms. The first-order chi connectivity index (χ1) is 4.41. The Bertz CT molecular complexity index is 99.2. The monoisotopic (exact) mass is 143 g/mol. The fraction of sp³-hybridized carbons (Fsp3) is 1.00. The van der Waals surface area contributed by atoms with E-state index in [0.29, 0.717) is 5.41 Å². The fourth-order valence-corrected chi connectivity index (χ4v) is 1.35. The van der Waals surface area contributed by atoms with E-state index in [2.05, 4.69) is 20.9 Å². The van der Waals surface area contributed by atoms with Gasteiger partial charge in [-0.25, -0.2) is 0 Å². The number of nitrogens with two attached hydrogens (primary N) is 1. The van der Waals surface area contributed by atoms with Crippen LogP contribution in [0.15, 0.2) is 0 Å². The highest BCUT2D eigenvalue weighted by molar-refractivity contribution is 4.71. The molecule has 0 aromatic heterocycles. The number of quaternary nitrogens is 1. The number of hydrogen-bond acceptors (Lipinski definition) is 1. The second kappa shape index (κ2) is 2.21. The van der Waals surface area contributed by atoms with Gasteiger partial charge in [0.25, 0.3) is 0 Å². The highest BCUT2D eigenvalue weighted by Gasteiger charge is 2.31. The van der Waals surface area contributed by atoms with Crippen LogP contribution in [-0.2, 0) is 0 Å². The number of likely N-dealkylation sites (tertiary alicyclic amines) is 1. The van der Waals surface area contributed by atoms with Crippen molar-refractivity contribution in [1.82, 2.24) is 0 Å². The van der Waals surface area contributed by atoms with Gasteiger partial charge >= 0.3 is 0 Å². The van der Waals surface area contributed by atoms with Crippen LogP contribution in [0.4, 0.5) is 0 Å². The molecule has 0 unspecified atom stereocenters. The normalized spacial score (nSPS) is 30.0. The van der Waals surface area contributed by atoms with E-state index >= 15 is 0 Å². The predicted molar refractivity (Wildman–Crippen MR) is 43.1 cm³/mol. The number of rotatable bonds is 0. The lowest BCUT2D eigenvalue weighted by Crippen LogP contribution is -2.56. The van der Waals surface area contributed by atoms with Gasteiger partial charge in [0.05, 0.1) is 20.1 Å². The third-order valence-corrected chi connectivity index (χ3v) is 2.60. The molecule has 0 radical (unpaired) electrons. The third-order valence-electron chi connectivity index (χ3n) is 2.60. The maximum absolute atomic E-state index is 5.94. The Morgan fingerprint density at radius 1 is 1.20 bits per heavy atom. The van der Waals surface area contributed by atoms with Crippen LogP contribution in [0.5, 0.6) is 0 Å². The Balaban J connectivity index is 2.46. The molecule has 1 rings (SSSR count). The first-order valence-electron chi connectivity index (χ1n) is 4.04. The molecule has 1 heterocycles. The number of piperidine rings is 1. The summed E-state index contributed by atoms with van der Waals surface area (Å²) in [5, 5.41) is 0. The Morgan fingerprint density at radius 2 is 1.60 bits per heavy atom. The average molecular weight is 143 g/mol. The minimum absolute atomic E-state index is 0.539. The lowest BCUT2D eigenvalue weighted by Gasteiger charge is -2.39. The average Bonchev–Trinajstić information content (AvgIpc) is 1.79. The van der Waals surface area contributed by atoms with Gasteiger partial charge in [0.2, 0.25) is 0 Å². The zero-order valence-electron chi connectivity index (χ0n) is 7.35. The van der Waals surface area contributed by atoms with Gasteiger partial charge in [-0.3, -0.25) is 4.59 Å². The standard InChI is InChI=1S/C8H19N2/c1-8(2)4-6-10(3,9)7-5-8/h4-7,9H2,1-3H3/q+1. The summed E-state index contributed by atoms with van der Waals surface area (Å²) in [5.74, 6) is 5.94. The van der Waals surface area contributed by atoms with E-state index in [-0.39, 0.29) is 0 Å². The fourth-order valence-electron chi connectivity index (χ4n) is 1.35. The van der Waals surface area contributed by atoms with Crippen molar-refractivity contribution in [3.8, 4) is 0 Å². The zero-order valence-corrected chi connectivity index (χ0v) is 7.35. The van der Waals surface area contributed by atoms with Crippen LogP contribution < -0.4 is 5.84 Å². The Kier molecular flexibility index (Phi) is 1.77. The Labute approximate surface area is 63.6 Å². The minimum Gasteiger partial charge on any atom is -0.251 e. The second-order valence-corrected chi connectivity index (χ2v) is 4.59. The van der Waals surface area contributed by atoms with Crippen LogP contribution >= 0.6 is 0 Å². The molecule has 1 aliphatic rings. The molecule has 0 amide bonds. The van der Waals surface area contributed by atoms with Crippen molar-refractivity contribution >= 4 is 0 Å². The SMILES string of the molecule is CC1(C)CC[N+](C)(N)CC1. The van der Waals surface area contributed by atoms with Crippen LogP contribution in [0.1, 0.15) is 26.7 Å². The predicted octanol–water partition coefficient (Wildman–Crippen LogP) is 1.13. The van der Waals surface area contributed by atoms with Crippen molar-refractivity contribution in [1.29, 1.82) is 0 Å². The Morgan fingerprint density at radius 3 is 1.90 bits per heavy atom. The van der Waals surface area contributed by atoms with Crippen molar-refractivity contribution in [2.24, 2.45) is 11.3 Å². The van der Waals surface area contributed by atoms with Crippen LogP contribution in [0.2, 0.25) is 0 Å². The molecule has 1 aliphatic heterocycles. The molecule has 0 atom stereocenters. The molecule has 0 saturated carbocycles. The summed E-state index contributed by atoms with van der Waals surface area (Å²) in [4.78, 5) is 0. The summed E-state index contributed by atoms with van der Waals surface area (Å²) in [6, 6.07) is 0. The lowest BCUT2D eigenvalue weighted by atomic mass is 9.82. The number of nitrogens with zero attached hydrogens (tertiary/aromatic N) is 1. The van der Waals surface area contributed by atoms with Gasteiger partial charge in [-0.15, -0.1) is 0 Å². The zero-order chi connectivity index (χ0) is 7.83. The third kappa shape index (κ3) is 1.96. The summed E-state index contributed by atoms with van der Waals surface area (Å²) in [6.45, 7) is 6.92. The number of hydrogen-bond donors (Lipinski definition) is 1. The second-order valence-electron chi connectivity index (χ2n) is 4.59. The minimum atomic E-state index is 0.539. The van der Waals surface area contributed by atoms with Gasteiger partial charge in [0, 0.05) is 12.8 Å². The van der Waals surface area contributed by atoms with Gasteiger partial charge in [-0.2, -0.15) is 5.84 Å². The van der Waals surface area contributed by atoms with Gasteiger partial charge in [-0.05, 0) is 5.41 Å². The van der Waals surface area contributed by atoms with E-state index in [9.17, 15) is 0 Å². The van der Waals surface area contributed by atoms with Gasteiger partial charge in [0.15, 0.2) is 0 Å². The molecule has 2 nitrogen and oxygen atoms in total. The topological polar surface area (TPSA) is 26.0 Å². The molecule has 2 heteroatoms. The molecule has 2 N–H and O–H groups in total. The van der Waals surface area contributed by atoms with Crippen LogP contribution in [0, 0.1) is 5.41 Å². The maximum atomic E-state index is 5.94. The summed E-state index contributed by atoms with van der Waals surface area (Å²) in [6.07, 6.45) is 2.53. The van der Waals surface area contributed by atoms with Crippen molar-refractivity contribution in [3.63, 3.8) is 0 Å². The first-order valence-corrected chi connectivity index (χ1v) is 4.04. The summed E-state index contributed by atoms with van der Waals surface area (Å²) in [7, 11) is 2.11. The van der Waals surface area contributed by atoms with E-state index in [0.717, 1.165) is 17.7 Å². The van der Waals surface area contributed by atoms with Gasteiger partial charge < -0.3 is 0 Å². The maximum Gasteiger partial charge on any atom is 0.0963 e. The van der Waals surface area contributed by atoms with E-state index in [4.69, 9.17) is 5.84 Å². The van der Waals surface area contributed by atoms with Crippen LogP contribution in [-0.4, -0.2) is 24.7 Å². The smallest absolute Gasteiger partial charge is 0.0963 e. The molecule has 0 aromatic rings. The largest absolute Gasteiger partial charge is 0.251 e. The highest BCUT2D eigenvalue weighted by Crippen LogP contribution is 2.30. The molecule has 0 aromatic carbocycles.